The minimum atomic E-state index is 0.149. The molecular weight excluding hydrogens is 288 g/mol. The molecular formula is C19H24N2O2. The second-order valence-electron chi connectivity index (χ2n) is 5.51. The number of amides is 1. The number of methoxy groups -OCH3 is 1. The van der Waals surface area contributed by atoms with E-state index < -0.39 is 0 Å². The molecule has 0 fully saturated rings. The predicted octanol–water partition coefficient (Wildman–Crippen LogP) is 2.83. The van der Waals surface area contributed by atoms with Crippen LogP contribution < -0.4 is 10.1 Å². The number of hydrogen-bond acceptors (Lipinski definition) is 3. The molecule has 0 aromatic heterocycles. The Morgan fingerprint density at radius 3 is 2.39 bits per heavy atom. The van der Waals surface area contributed by atoms with E-state index in [2.05, 4.69) is 5.32 Å². The number of carbonyl (C=O) groups excluding carboxylic acids is 1. The van der Waals surface area contributed by atoms with Crippen molar-refractivity contribution in [1.82, 2.24) is 10.2 Å². The molecule has 2 rings (SSSR count). The molecule has 4 nitrogen and oxygen atoms in total. The van der Waals surface area contributed by atoms with Gasteiger partial charge in [-0.15, -0.1) is 0 Å². The predicted molar refractivity (Wildman–Crippen MR) is 92.2 cm³/mol. The number of ether oxygens (including phenoxy) is 1. The first-order valence-electron chi connectivity index (χ1n) is 7.80. The number of nitrogens with one attached hydrogen (secondary N) is 1. The van der Waals surface area contributed by atoms with Gasteiger partial charge in [-0.1, -0.05) is 42.5 Å². The van der Waals surface area contributed by atoms with Crippen molar-refractivity contribution in [3.05, 3.63) is 65.7 Å². The van der Waals surface area contributed by atoms with Gasteiger partial charge in [0.1, 0.15) is 5.75 Å². The second-order valence-corrected chi connectivity index (χ2v) is 5.51. The third-order valence-electron chi connectivity index (χ3n) is 3.69. The van der Waals surface area contributed by atoms with Crippen molar-refractivity contribution in [1.29, 1.82) is 0 Å². The third kappa shape index (κ3) is 5.75. The van der Waals surface area contributed by atoms with E-state index in [-0.39, 0.29) is 5.91 Å². The van der Waals surface area contributed by atoms with Crippen LogP contribution in [0.3, 0.4) is 0 Å². The van der Waals surface area contributed by atoms with Gasteiger partial charge in [0.2, 0.25) is 5.91 Å². The second kappa shape index (κ2) is 8.96. The molecule has 4 heteroatoms. The smallest absolute Gasteiger partial charge is 0.223 e. The van der Waals surface area contributed by atoms with Crippen LogP contribution in [0.25, 0.3) is 0 Å². The lowest BCUT2D eigenvalue weighted by Gasteiger charge is -2.17. The minimum Gasteiger partial charge on any atom is -0.497 e. The maximum Gasteiger partial charge on any atom is 0.223 e. The van der Waals surface area contributed by atoms with Gasteiger partial charge < -0.3 is 15.0 Å². The van der Waals surface area contributed by atoms with Crippen molar-refractivity contribution in [2.75, 3.05) is 20.7 Å². The standard InChI is InChI=1S/C19H24N2O2/c1-21(15-17-6-4-3-5-7-17)19(22)12-13-20-14-16-8-10-18(23-2)11-9-16/h3-11,20H,12-15H2,1-2H3. The van der Waals surface area contributed by atoms with Crippen LogP contribution in [-0.2, 0) is 17.9 Å². The van der Waals surface area contributed by atoms with Gasteiger partial charge in [-0.05, 0) is 23.3 Å². The molecule has 2 aromatic carbocycles. The molecule has 1 N–H and O–H groups in total. The summed E-state index contributed by atoms with van der Waals surface area (Å²) in [5, 5.41) is 3.30. The highest BCUT2D eigenvalue weighted by molar-refractivity contribution is 5.76. The number of nitrogens with zero attached hydrogens (tertiary/aromatic N) is 1. The van der Waals surface area contributed by atoms with Gasteiger partial charge >= 0.3 is 0 Å². The highest BCUT2D eigenvalue weighted by Crippen LogP contribution is 2.11. The first-order chi connectivity index (χ1) is 11.2. The lowest BCUT2D eigenvalue weighted by Crippen LogP contribution is -2.29. The molecule has 0 spiro atoms. The van der Waals surface area contributed by atoms with Gasteiger partial charge in [-0.2, -0.15) is 0 Å². The van der Waals surface area contributed by atoms with Gasteiger partial charge in [-0.25, -0.2) is 0 Å². The molecule has 0 bridgehead atoms. The summed E-state index contributed by atoms with van der Waals surface area (Å²) in [7, 11) is 3.50. The summed E-state index contributed by atoms with van der Waals surface area (Å²) in [6, 6.07) is 18.0. The first kappa shape index (κ1) is 17.0. The Morgan fingerprint density at radius 2 is 1.74 bits per heavy atom. The first-order valence-corrected chi connectivity index (χ1v) is 7.80. The van der Waals surface area contributed by atoms with Crippen molar-refractivity contribution in [3.8, 4) is 5.75 Å². The largest absolute Gasteiger partial charge is 0.497 e. The molecule has 0 aliphatic carbocycles. The number of benzene rings is 2. The van der Waals surface area contributed by atoms with E-state index in [9.17, 15) is 4.79 Å². The summed E-state index contributed by atoms with van der Waals surface area (Å²) in [6.07, 6.45) is 0.499. The van der Waals surface area contributed by atoms with Crippen molar-refractivity contribution < 1.29 is 9.53 Å². The summed E-state index contributed by atoms with van der Waals surface area (Å²) in [5.74, 6) is 1.00. The fraction of sp³-hybridized carbons (Fsp3) is 0.316. The monoisotopic (exact) mass is 312 g/mol. The molecule has 122 valence electrons. The maximum absolute atomic E-state index is 12.1. The zero-order valence-electron chi connectivity index (χ0n) is 13.8. The Labute approximate surface area is 138 Å². The molecule has 0 saturated carbocycles. The molecule has 23 heavy (non-hydrogen) atoms. The molecule has 0 aliphatic heterocycles. The Bertz CT molecular complexity index is 597. The van der Waals surface area contributed by atoms with Crippen LogP contribution in [0.5, 0.6) is 5.75 Å². The Morgan fingerprint density at radius 1 is 1.04 bits per heavy atom. The quantitative estimate of drug-likeness (QED) is 0.762. The van der Waals surface area contributed by atoms with Crippen molar-refractivity contribution in [2.24, 2.45) is 0 Å². The minimum absolute atomic E-state index is 0.149. The Balaban J connectivity index is 1.67. The average Bonchev–Trinajstić information content (AvgIpc) is 2.60. The Kier molecular flexibility index (Phi) is 6.63. The molecule has 1 amide bonds. The lowest BCUT2D eigenvalue weighted by atomic mass is 10.2. The van der Waals surface area contributed by atoms with Crippen LogP contribution in [0.1, 0.15) is 17.5 Å². The summed E-state index contributed by atoms with van der Waals surface area (Å²) < 4.78 is 5.13. The number of rotatable bonds is 8. The average molecular weight is 312 g/mol. The van der Waals surface area contributed by atoms with E-state index in [1.54, 1.807) is 12.0 Å². The van der Waals surface area contributed by atoms with E-state index in [1.165, 1.54) is 5.56 Å². The van der Waals surface area contributed by atoms with Gasteiger partial charge in [-0.3, -0.25) is 4.79 Å². The normalized spacial score (nSPS) is 10.3. The van der Waals surface area contributed by atoms with Gasteiger partial charge in [0.05, 0.1) is 7.11 Å². The summed E-state index contributed by atoms with van der Waals surface area (Å²) >= 11 is 0. The van der Waals surface area contributed by atoms with E-state index >= 15 is 0 Å². The van der Waals surface area contributed by atoms with E-state index in [1.807, 2.05) is 61.6 Å². The fourth-order valence-electron chi connectivity index (χ4n) is 2.31. The molecule has 0 heterocycles. The van der Waals surface area contributed by atoms with Crippen LogP contribution in [0.2, 0.25) is 0 Å². The molecule has 0 unspecified atom stereocenters. The highest BCUT2D eigenvalue weighted by Gasteiger charge is 2.08. The fourth-order valence-corrected chi connectivity index (χ4v) is 2.31. The molecule has 0 radical (unpaired) electrons. The summed E-state index contributed by atoms with van der Waals surface area (Å²) in [6.45, 7) is 2.07. The van der Waals surface area contributed by atoms with Gasteiger partial charge in [0, 0.05) is 33.1 Å². The maximum atomic E-state index is 12.1. The molecule has 0 aliphatic rings. The van der Waals surface area contributed by atoms with Crippen molar-refractivity contribution in [3.63, 3.8) is 0 Å². The van der Waals surface area contributed by atoms with Gasteiger partial charge in [0.15, 0.2) is 0 Å². The zero-order valence-corrected chi connectivity index (χ0v) is 13.8. The Hall–Kier alpha value is -2.33. The summed E-state index contributed by atoms with van der Waals surface area (Å²) in [5.41, 5.74) is 2.32. The SMILES string of the molecule is COc1ccc(CNCCC(=O)N(C)Cc2ccccc2)cc1. The van der Waals surface area contributed by atoms with Gasteiger partial charge in [0.25, 0.3) is 0 Å². The van der Waals surface area contributed by atoms with E-state index in [0.717, 1.165) is 17.9 Å². The third-order valence-corrected chi connectivity index (χ3v) is 3.69. The molecule has 2 aromatic rings. The zero-order chi connectivity index (χ0) is 16.5. The molecule has 0 atom stereocenters. The van der Waals surface area contributed by atoms with Crippen LogP contribution in [0.4, 0.5) is 0 Å². The van der Waals surface area contributed by atoms with Crippen molar-refractivity contribution in [2.45, 2.75) is 19.5 Å². The highest BCUT2D eigenvalue weighted by atomic mass is 16.5. The topological polar surface area (TPSA) is 41.6 Å². The van der Waals surface area contributed by atoms with Crippen LogP contribution in [-0.4, -0.2) is 31.5 Å². The molecule has 0 saturated heterocycles. The lowest BCUT2D eigenvalue weighted by molar-refractivity contribution is -0.130. The van der Waals surface area contributed by atoms with E-state index in [0.29, 0.717) is 19.5 Å². The van der Waals surface area contributed by atoms with Crippen LogP contribution >= 0.6 is 0 Å². The number of hydrogen-bond donors (Lipinski definition) is 1. The van der Waals surface area contributed by atoms with Crippen LogP contribution in [0, 0.1) is 0 Å². The summed E-state index contributed by atoms with van der Waals surface area (Å²) in [4.78, 5) is 13.9. The number of carbonyl (C=O) groups is 1. The van der Waals surface area contributed by atoms with Crippen molar-refractivity contribution >= 4 is 5.91 Å². The van der Waals surface area contributed by atoms with E-state index in [4.69, 9.17) is 4.74 Å². The van der Waals surface area contributed by atoms with Crippen LogP contribution in [0.15, 0.2) is 54.6 Å².